The first kappa shape index (κ1) is 15.6. The summed E-state index contributed by atoms with van der Waals surface area (Å²) in [5.41, 5.74) is -1.46. The molecule has 0 aliphatic heterocycles. The van der Waals surface area contributed by atoms with Crippen molar-refractivity contribution in [2.75, 3.05) is 11.9 Å². The van der Waals surface area contributed by atoms with Gasteiger partial charge in [0, 0.05) is 6.07 Å². The Kier molecular flexibility index (Phi) is 4.42. The van der Waals surface area contributed by atoms with E-state index in [4.69, 9.17) is 5.11 Å². The van der Waals surface area contributed by atoms with Crippen molar-refractivity contribution in [3.8, 4) is 0 Å². The van der Waals surface area contributed by atoms with Crippen LogP contribution in [0.2, 0.25) is 0 Å². The second kappa shape index (κ2) is 5.67. The van der Waals surface area contributed by atoms with E-state index in [0.29, 0.717) is 0 Å². The van der Waals surface area contributed by atoms with Gasteiger partial charge in [0.2, 0.25) is 5.82 Å². The lowest BCUT2D eigenvalue weighted by atomic mass is 10.3. The average Bonchev–Trinajstić information content (AvgIpc) is 2.35. The minimum absolute atomic E-state index is 0.654. The maximum absolute atomic E-state index is 12.7. The predicted molar refractivity (Wildman–Crippen MR) is 57.3 cm³/mol. The molecule has 0 bridgehead atoms. The van der Waals surface area contributed by atoms with E-state index in [1.54, 1.807) is 5.32 Å². The number of carbonyl (C=O) groups is 1. The Morgan fingerprint density at radius 2 is 2.10 bits per heavy atom. The fraction of sp³-hybridized carbons (Fsp3) is 0.333. The summed E-state index contributed by atoms with van der Waals surface area (Å²) in [5, 5.41) is 20.9. The monoisotopic (exact) mass is 297 g/mol. The van der Waals surface area contributed by atoms with Crippen LogP contribution in [0.25, 0.3) is 0 Å². The summed E-state index contributed by atoms with van der Waals surface area (Å²) in [6.07, 6.45) is -3.98. The number of hydrogen-bond acceptors (Lipinski definition) is 5. The Balaban J connectivity index is 3.05. The number of halogens is 4. The molecule has 1 aromatic rings. The largest absolute Gasteiger partial charge is 0.477 e. The number of anilines is 1. The molecule has 0 radical (unpaired) electrons. The zero-order valence-electron chi connectivity index (χ0n) is 9.52. The summed E-state index contributed by atoms with van der Waals surface area (Å²) in [5.74, 6) is -6.81. The number of nitro groups is 1. The third-order valence-corrected chi connectivity index (χ3v) is 2.10. The number of aromatic carboxylic acids is 1. The van der Waals surface area contributed by atoms with Gasteiger partial charge in [-0.15, -0.1) is 0 Å². The molecular formula is C9H7F4N3O4. The molecular weight excluding hydrogens is 290 g/mol. The second-order valence-corrected chi connectivity index (χ2v) is 3.54. The molecule has 110 valence electrons. The minimum atomic E-state index is -4.44. The summed E-state index contributed by atoms with van der Waals surface area (Å²) in [4.78, 5) is 23.4. The molecule has 7 nitrogen and oxygen atoms in total. The minimum Gasteiger partial charge on any atom is -0.477 e. The van der Waals surface area contributed by atoms with Gasteiger partial charge in [-0.25, -0.2) is 18.6 Å². The van der Waals surface area contributed by atoms with Gasteiger partial charge in [0.05, 0.1) is 11.5 Å². The van der Waals surface area contributed by atoms with E-state index in [9.17, 15) is 32.5 Å². The zero-order valence-corrected chi connectivity index (χ0v) is 9.52. The van der Waals surface area contributed by atoms with Gasteiger partial charge in [0.1, 0.15) is 0 Å². The average molecular weight is 297 g/mol. The van der Waals surface area contributed by atoms with Gasteiger partial charge in [-0.1, -0.05) is 0 Å². The van der Waals surface area contributed by atoms with Crippen LogP contribution in [0.1, 0.15) is 10.5 Å². The van der Waals surface area contributed by atoms with Crippen LogP contribution in [-0.2, 0) is 0 Å². The molecule has 11 heteroatoms. The number of nitrogens with zero attached hydrogens (tertiary/aromatic N) is 2. The highest BCUT2D eigenvalue weighted by Gasteiger charge is 2.41. The molecule has 0 aliphatic carbocycles. The number of aromatic nitrogens is 1. The summed E-state index contributed by atoms with van der Waals surface area (Å²) in [6.45, 7) is -1.62. The molecule has 0 aliphatic rings. The van der Waals surface area contributed by atoms with Crippen molar-refractivity contribution in [3.63, 3.8) is 0 Å². The van der Waals surface area contributed by atoms with Crippen LogP contribution < -0.4 is 5.32 Å². The molecule has 0 fully saturated rings. The first-order chi connectivity index (χ1) is 9.15. The molecule has 0 saturated carbocycles. The van der Waals surface area contributed by atoms with E-state index in [1.165, 1.54) is 0 Å². The van der Waals surface area contributed by atoms with Crippen LogP contribution in [0.15, 0.2) is 12.1 Å². The van der Waals surface area contributed by atoms with Crippen LogP contribution in [0.4, 0.5) is 29.1 Å². The molecule has 1 aromatic heterocycles. The zero-order chi connectivity index (χ0) is 15.5. The van der Waals surface area contributed by atoms with Gasteiger partial charge in [-0.3, -0.25) is 10.1 Å². The van der Waals surface area contributed by atoms with Crippen LogP contribution in [0, 0.1) is 10.1 Å². The number of carboxylic acid groups (broad SMARTS) is 1. The fourth-order valence-electron chi connectivity index (χ4n) is 1.13. The van der Waals surface area contributed by atoms with Gasteiger partial charge >= 0.3 is 24.0 Å². The lowest BCUT2D eigenvalue weighted by Crippen LogP contribution is -2.35. The van der Waals surface area contributed by atoms with Gasteiger partial charge in [0.25, 0.3) is 0 Å². The fourth-order valence-corrected chi connectivity index (χ4v) is 1.13. The molecule has 0 atom stereocenters. The molecule has 0 saturated heterocycles. The molecule has 0 aromatic carbocycles. The van der Waals surface area contributed by atoms with Crippen molar-refractivity contribution in [2.24, 2.45) is 0 Å². The molecule has 2 N–H and O–H groups in total. The quantitative estimate of drug-likeness (QED) is 0.472. The molecule has 0 unspecified atom stereocenters. The predicted octanol–water partition coefficient (Wildman–Crippen LogP) is 2.00. The lowest BCUT2D eigenvalue weighted by Gasteiger charge is -2.16. The van der Waals surface area contributed by atoms with Gasteiger partial charge in [-0.2, -0.15) is 8.78 Å². The van der Waals surface area contributed by atoms with Crippen molar-refractivity contribution >= 4 is 17.5 Å². The van der Waals surface area contributed by atoms with Crippen molar-refractivity contribution in [3.05, 3.63) is 27.9 Å². The van der Waals surface area contributed by atoms with E-state index >= 15 is 0 Å². The Morgan fingerprint density at radius 3 is 2.55 bits per heavy atom. The van der Waals surface area contributed by atoms with Crippen molar-refractivity contribution in [2.45, 2.75) is 12.3 Å². The maximum atomic E-state index is 12.7. The van der Waals surface area contributed by atoms with Crippen molar-refractivity contribution in [1.29, 1.82) is 0 Å². The molecule has 1 heterocycles. The van der Waals surface area contributed by atoms with E-state index in [2.05, 4.69) is 4.98 Å². The molecule has 1 rings (SSSR count). The highest BCUT2D eigenvalue weighted by molar-refractivity contribution is 5.86. The SMILES string of the molecule is O=C(O)c1ccc([N+](=O)[O-])c(NCC(F)(F)C(F)F)n1. The normalized spacial score (nSPS) is 11.4. The highest BCUT2D eigenvalue weighted by atomic mass is 19.3. The number of alkyl halides is 4. The van der Waals surface area contributed by atoms with Crippen LogP contribution in [-0.4, -0.2) is 39.9 Å². The van der Waals surface area contributed by atoms with Crippen LogP contribution in [0.3, 0.4) is 0 Å². The Labute approximate surface area is 108 Å². The summed E-state index contributed by atoms with van der Waals surface area (Å²) >= 11 is 0. The Morgan fingerprint density at radius 1 is 1.50 bits per heavy atom. The van der Waals surface area contributed by atoms with Crippen LogP contribution in [0.5, 0.6) is 0 Å². The number of rotatable bonds is 6. The van der Waals surface area contributed by atoms with Crippen LogP contribution >= 0.6 is 0 Å². The summed E-state index contributed by atoms with van der Waals surface area (Å²) < 4.78 is 49.3. The molecule has 0 spiro atoms. The van der Waals surface area contributed by atoms with E-state index in [0.717, 1.165) is 12.1 Å². The van der Waals surface area contributed by atoms with E-state index in [-0.39, 0.29) is 0 Å². The lowest BCUT2D eigenvalue weighted by molar-refractivity contribution is -0.384. The second-order valence-electron chi connectivity index (χ2n) is 3.54. The first-order valence-corrected chi connectivity index (χ1v) is 4.93. The highest BCUT2D eigenvalue weighted by Crippen LogP contribution is 2.26. The maximum Gasteiger partial charge on any atom is 0.354 e. The van der Waals surface area contributed by atoms with E-state index < -0.39 is 47.0 Å². The smallest absolute Gasteiger partial charge is 0.354 e. The number of pyridine rings is 1. The molecule has 20 heavy (non-hydrogen) atoms. The number of hydrogen-bond donors (Lipinski definition) is 2. The standard InChI is InChI=1S/C9H7F4N3O4/c10-8(11)9(12,13)3-14-6-5(16(19)20)2-1-4(15-6)7(17)18/h1-2,8H,3H2,(H,14,15)(H,17,18). The topological polar surface area (TPSA) is 105 Å². The third kappa shape index (κ3) is 3.52. The number of carboxylic acids is 1. The van der Waals surface area contributed by atoms with Gasteiger partial charge in [0.15, 0.2) is 5.69 Å². The van der Waals surface area contributed by atoms with Gasteiger partial charge in [-0.05, 0) is 6.07 Å². The Bertz CT molecular complexity index is 538. The van der Waals surface area contributed by atoms with E-state index in [1.807, 2.05) is 0 Å². The summed E-state index contributed by atoms with van der Waals surface area (Å²) in [6, 6.07) is 1.51. The third-order valence-electron chi connectivity index (χ3n) is 2.10. The van der Waals surface area contributed by atoms with Crippen molar-refractivity contribution in [1.82, 2.24) is 4.98 Å². The molecule has 0 amide bonds. The summed E-state index contributed by atoms with van der Waals surface area (Å²) in [7, 11) is 0. The Hall–Kier alpha value is -2.46. The van der Waals surface area contributed by atoms with Gasteiger partial charge < -0.3 is 10.4 Å². The first-order valence-electron chi connectivity index (χ1n) is 4.93. The van der Waals surface area contributed by atoms with Crippen molar-refractivity contribution < 1.29 is 32.4 Å². The number of nitrogens with one attached hydrogen (secondary N) is 1.